The van der Waals surface area contributed by atoms with Crippen molar-refractivity contribution in [2.75, 3.05) is 19.6 Å². The van der Waals surface area contributed by atoms with Crippen LogP contribution in [0.25, 0.3) is 0 Å². The molecule has 1 fully saturated rings. The molecule has 0 aliphatic carbocycles. The molecule has 4 N–H and O–H groups in total. The first-order chi connectivity index (χ1) is 7.36. The molecule has 0 saturated carbocycles. The molecule has 1 unspecified atom stereocenters. The summed E-state index contributed by atoms with van der Waals surface area (Å²) >= 11 is 0. The number of carboxylic acids is 1. The van der Waals surface area contributed by atoms with Gasteiger partial charge in [-0.1, -0.05) is 0 Å². The van der Waals surface area contributed by atoms with Crippen LogP contribution in [-0.4, -0.2) is 49.3 Å². The lowest BCUT2D eigenvalue weighted by Gasteiger charge is -2.15. The Labute approximate surface area is 92.6 Å². The van der Waals surface area contributed by atoms with Crippen LogP contribution in [0, 0.1) is 5.92 Å². The van der Waals surface area contributed by atoms with Crippen LogP contribution in [-0.2, 0) is 19.8 Å². The Morgan fingerprint density at radius 3 is 2.56 bits per heavy atom. The number of nitrogens with zero attached hydrogens (tertiary/aromatic N) is 1. The number of carbonyl (C=O) groups is 2. The van der Waals surface area contributed by atoms with Gasteiger partial charge in [-0.15, -0.1) is 0 Å². The molecule has 1 rings (SSSR count). The van der Waals surface area contributed by atoms with Crippen molar-refractivity contribution in [1.82, 2.24) is 9.03 Å². The SMILES string of the molecule is NCC(=O)NS(=O)(=O)N1CCC(C(=O)O)C1. The summed E-state index contributed by atoms with van der Waals surface area (Å²) in [6.45, 7) is -0.470. The number of nitrogens with one attached hydrogen (secondary N) is 1. The van der Waals surface area contributed by atoms with E-state index in [1.807, 2.05) is 0 Å². The number of amides is 1. The smallest absolute Gasteiger partial charge is 0.307 e. The van der Waals surface area contributed by atoms with Crippen molar-refractivity contribution in [2.24, 2.45) is 11.7 Å². The molecule has 0 bridgehead atoms. The fourth-order valence-corrected chi connectivity index (χ4v) is 2.62. The van der Waals surface area contributed by atoms with Crippen molar-refractivity contribution >= 4 is 22.1 Å². The van der Waals surface area contributed by atoms with Crippen molar-refractivity contribution < 1.29 is 23.1 Å². The largest absolute Gasteiger partial charge is 0.481 e. The van der Waals surface area contributed by atoms with Crippen LogP contribution < -0.4 is 10.5 Å². The Bertz CT molecular complexity index is 393. The molecule has 1 saturated heterocycles. The van der Waals surface area contributed by atoms with Gasteiger partial charge in [0.1, 0.15) is 0 Å². The molecule has 8 nitrogen and oxygen atoms in total. The van der Waals surface area contributed by atoms with E-state index >= 15 is 0 Å². The average molecular weight is 251 g/mol. The van der Waals surface area contributed by atoms with Crippen molar-refractivity contribution in [1.29, 1.82) is 0 Å². The second kappa shape index (κ2) is 4.76. The summed E-state index contributed by atoms with van der Waals surface area (Å²) in [5.74, 6) is -2.58. The maximum atomic E-state index is 11.5. The topological polar surface area (TPSA) is 130 Å². The highest BCUT2D eigenvalue weighted by Crippen LogP contribution is 2.18. The first-order valence-electron chi connectivity index (χ1n) is 4.60. The standard InChI is InChI=1S/C7H13N3O5S/c8-3-6(11)9-16(14,15)10-2-1-5(4-10)7(12)13/h5H,1-4,8H2,(H,9,11)(H,12,13). The summed E-state index contributed by atoms with van der Waals surface area (Å²) in [6, 6.07) is 0. The zero-order valence-corrected chi connectivity index (χ0v) is 9.24. The summed E-state index contributed by atoms with van der Waals surface area (Å²) in [4.78, 5) is 21.5. The van der Waals surface area contributed by atoms with Crippen LogP contribution in [0.3, 0.4) is 0 Å². The van der Waals surface area contributed by atoms with E-state index in [1.54, 1.807) is 4.72 Å². The van der Waals surface area contributed by atoms with Gasteiger partial charge in [-0.05, 0) is 6.42 Å². The number of rotatable bonds is 4. The first-order valence-corrected chi connectivity index (χ1v) is 6.04. The van der Waals surface area contributed by atoms with Gasteiger partial charge >= 0.3 is 16.2 Å². The third-order valence-corrected chi connectivity index (χ3v) is 3.77. The van der Waals surface area contributed by atoms with Crippen LogP contribution in [0.15, 0.2) is 0 Å². The zero-order chi connectivity index (χ0) is 12.3. The van der Waals surface area contributed by atoms with Crippen molar-refractivity contribution in [2.45, 2.75) is 6.42 Å². The molecule has 92 valence electrons. The van der Waals surface area contributed by atoms with E-state index < -0.39 is 34.5 Å². The van der Waals surface area contributed by atoms with E-state index in [2.05, 4.69) is 0 Å². The zero-order valence-electron chi connectivity index (χ0n) is 8.42. The normalized spacial score (nSPS) is 21.9. The Morgan fingerprint density at radius 2 is 2.12 bits per heavy atom. The lowest BCUT2D eigenvalue weighted by atomic mass is 10.1. The van der Waals surface area contributed by atoms with E-state index in [-0.39, 0.29) is 19.5 Å². The molecule has 1 heterocycles. The van der Waals surface area contributed by atoms with Gasteiger partial charge in [0.15, 0.2) is 0 Å². The molecular weight excluding hydrogens is 238 g/mol. The lowest BCUT2D eigenvalue weighted by Crippen LogP contribution is -2.44. The van der Waals surface area contributed by atoms with Gasteiger partial charge in [-0.3, -0.25) is 9.59 Å². The fraction of sp³-hybridized carbons (Fsp3) is 0.714. The van der Waals surface area contributed by atoms with Crippen molar-refractivity contribution in [3.8, 4) is 0 Å². The molecule has 0 radical (unpaired) electrons. The van der Waals surface area contributed by atoms with E-state index in [0.717, 1.165) is 4.31 Å². The summed E-state index contributed by atoms with van der Waals surface area (Å²) < 4.78 is 25.7. The van der Waals surface area contributed by atoms with Gasteiger partial charge < -0.3 is 10.8 Å². The number of carbonyl (C=O) groups excluding carboxylic acids is 1. The lowest BCUT2D eigenvalue weighted by molar-refractivity contribution is -0.141. The van der Waals surface area contributed by atoms with E-state index in [4.69, 9.17) is 10.8 Å². The van der Waals surface area contributed by atoms with Crippen LogP contribution in [0.4, 0.5) is 0 Å². The monoisotopic (exact) mass is 251 g/mol. The highest BCUT2D eigenvalue weighted by atomic mass is 32.2. The Hall–Kier alpha value is -1.19. The summed E-state index contributed by atoms with van der Waals surface area (Å²) in [5.41, 5.74) is 4.96. The van der Waals surface area contributed by atoms with E-state index in [9.17, 15) is 18.0 Å². The maximum Gasteiger partial charge on any atom is 0.307 e. The summed E-state index contributed by atoms with van der Waals surface area (Å²) in [7, 11) is -3.95. The molecule has 1 amide bonds. The molecule has 0 aromatic heterocycles. The molecule has 1 aliphatic rings. The van der Waals surface area contributed by atoms with Crippen LogP contribution in [0.5, 0.6) is 0 Å². The maximum absolute atomic E-state index is 11.5. The van der Waals surface area contributed by atoms with E-state index in [0.29, 0.717) is 0 Å². The Morgan fingerprint density at radius 1 is 1.50 bits per heavy atom. The van der Waals surface area contributed by atoms with Crippen LogP contribution in [0.1, 0.15) is 6.42 Å². The molecule has 1 atom stereocenters. The van der Waals surface area contributed by atoms with Crippen LogP contribution >= 0.6 is 0 Å². The second-order valence-corrected chi connectivity index (χ2v) is 5.09. The van der Waals surface area contributed by atoms with Crippen molar-refractivity contribution in [3.63, 3.8) is 0 Å². The quantitative estimate of drug-likeness (QED) is 0.515. The molecule has 9 heteroatoms. The number of hydrogen-bond acceptors (Lipinski definition) is 5. The minimum atomic E-state index is -3.95. The van der Waals surface area contributed by atoms with Gasteiger partial charge in [0.2, 0.25) is 5.91 Å². The molecule has 0 aromatic rings. The molecular formula is C7H13N3O5S. The average Bonchev–Trinajstić information content (AvgIpc) is 2.66. The summed E-state index contributed by atoms with van der Waals surface area (Å²) in [5, 5.41) is 8.70. The molecule has 0 aromatic carbocycles. The summed E-state index contributed by atoms with van der Waals surface area (Å²) in [6.07, 6.45) is 0.243. The number of carboxylic acid groups (broad SMARTS) is 1. The Balaban J connectivity index is 2.65. The minimum absolute atomic E-state index is 0.0875. The highest BCUT2D eigenvalue weighted by molar-refractivity contribution is 7.87. The second-order valence-electron chi connectivity index (χ2n) is 3.42. The van der Waals surface area contributed by atoms with Gasteiger partial charge in [-0.2, -0.15) is 12.7 Å². The molecule has 16 heavy (non-hydrogen) atoms. The van der Waals surface area contributed by atoms with Crippen LogP contribution in [0.2, 0.25) is 0 Å². The van der Waals surface area contributed by atoms with Gasteiger partial charge in [0.25, 0.3) is 0 Å². The molecule has 0 spiro atoms. The van der Waals surface area contributed by atoms with Gasteiger partial charge in [0.05, 0.1) is 12.5 Å². The predicted octanol–water partition coefficient (Wildman–Crippen LogP) is -2.29. The fourth-order valence-electron chi connectivity index (χ4n) is 1.40. The highest BCUT2D eigenvalue weighted by Gasteiger charge is 2.35. The first kappa shape index (κ1) is 12.9. The predicted molar refractivity (Wildman–Crippen MR) is 53.4 cm³/mol. The Kier molecular flexibility index (Phi) is 3.83. The third-order valence-electron chi connectivity index (χ3n) is 2.27. The van der Waals surface area contributed by atoms with Gasteiger partial charge in [-0.25, -0.2) is 4.72 Å². The van der Waals surface area contributed by atoms with Gasteiger partial charge in [0, 0.05) is 13.1 Å². The third kappa shape index (κ3) is 2.90. The minimum Gasteiger partial charge on any atom is -0.481 e. The number of nitrogens with two attached hydrogens (primary N) is 1. The number of aliphatic carboxylic acids is 1. The molecule has 1 aliphatic heterocycles. The van der Waals surface area contributed by atoms with Crippen molar-refractivity contribution in [3.05, 3.63) is 0 Å². The number of hydrogen-bond donors (Lipinski definition) is 3. The van der Waals surface area contributed by atoms with E-state index in [1.165, 1.54) is 0 Å².